The van der Waals surface area contributed by atoms with Crippen molar-refractivity contribution >= 4 is 21.7 Å². The molecule has 126 valence electrons. The molecule has 8 heteroatoms. The monoisotopic (exact) mass is 339 g/mol. The van der Waals surface area contributed by atoms with Gasteiger partial charge in [0.15, 0.2) is 9.84 Å². The topological polar surface area (TPSA) is 105 Å². The summed E-state index contributed by atoms with van der Waals surface area (Å²) >= 11 is 0. The fraction of sp³-hybridized carbons (Fsp3) is 0.533. The highest BCUT2D eigenvalue weighted by Gasteiger charge is 2.29. The molecule has 1 aromatic heterocycles. The molecule has 2 rings (SSSR count). The summed E-state index contributed by atoms with van der Waals surface area (Å²) in [7, 11) is -3.06. The summed E-state index contributed by atoms with van der Waals surface area (Å²) in [5.41, 5.74) is 0.121. The van der Waals surface area contributed by atoms with Crippen LogP contribution in [0.15, 0.2) is 18.5 Å². The van der Waals surface area contributed by atoms with E-state index >= 15 is 0 Å². The highest BCUT2D eigenvalue weighted by Crippen LogP contribution is 2.12. The molecule has 2 N–H and O–H groups in total. The molecule has 0 spiro atoms. The van der Waals surface area contributed by atoms with Gasteiger partial charge in [0.1, 0.15) is 0 Å². The number of sulfone groups is 1. The molecule has 7 nitrogen and oxygen atoms in total. The normalized spacial score (nSPS) is 20.0. The van der Waals surface area contributed by atoms with Crippen LogP contribution in [0.4, 0.5) is 0 Å². The van der Waals surface area contributed by atoms with Crippen LogP contribution in [-0.4, -0.2) is 48.3 Å². The van der Waals surface area contributed by atoms with E-state index in [4.69, 9.17) is 0 Å². The highest BCUT2D eigenvalue weighted by molar-refractivity contribution is 7.91. The summed E-state index contributed by atoms with van der Waals surface area (Å²) in [5.74, 6) is -0.700. The van der Waals surface area contributed by atoms with Crippen molar-refractivity contribution in [3.63, 3.8) is 0 Å². The molecule has 0 radical (unpaired) electrons. The first-order chi connectivity index (χ1) is 10.6. The molecule has 1 aliphatic heterocycles. The van der Waals surface area contributed by atoms with Crippen molar-refractivity contribution in [3.05, 3.63) is 29.6 Å². The van der Waals surface area contributed by atoms with Crippen LogP contribution in [0, 0.1) is 0 Å². The summed E-state index contributed by atoms with van der Waals surface area (Å²) in [6.07, 6.45) is 3.15. The number of nitrogens with one attached hydrogen (secondary N) is 2. The Kier molecular flexibility index (Phi) is 4.74. The largest absolute Gasteiger partial charge is 0.348 e. The summed E-state index contributed by atoms with van der Waals surface area (Å²) < 4.78 is 22.8. The van der Waals surface area contributed by atoms with Gasteiger partial charge in [-0.1, -0.05) is 0 Å². The first kappa shape index (κ1) is 17.4. The van der Waals surface area contributed by atoms with Crippen molar-refractivity contribution in [2.75, 3.05) is 11.5 Å². The van der Waals surface area contributed by atoms with Gasteiger partial charge in [0.05, 0.1) is 22.6 Å². The highest BCUT2D eigenvalue weighted by atomic mass is 32.2. The summed E-state index contributed by atoms with van der Waals surface area (Å²) in [6, 6.07) is 1.06. The smallest absolute Gasteiger partial charge is 0.253 e. The molecule has 1 fully saturated rings. The van der Waals surface area contributed by atoms with Gasteiger partial charge in [0.25, 0.3) is 11.8 Å². The molecule has 0 bridgehead atoms. The molecule has 23 heavy (non-hydrogen) atoms. The van der Waals surface area contributed by atoms with Gasteiger partial charge in [0.2, 0.25) is 0 Å². The van der Waals surface area contributed by atoms with Crippen LogP contribution in [0.1, 0.15) is 47.9 Å². The van der Waals surface area contributed by atoms with E-state index in [1.165, 1.54) is 18.5 Å². The molecule has 2 heterocycles. The van der Waals surface area contributed by atoms with Crippen LogP contribution in [0.5, 0.6) is 0 Å². The standard InChI is InChI=1S/C15H21N3O4S/c1-15(2,3)18-14(20)11-6-10(7-16-8-11)13(19)17-12-4-5-23(21,22)9-12/h6-8,12H,4-5,9H2,1-3H3,(H,17,19)(H,18,20). The predicted octanol–water partition coefficient (Wildman–Crippen LogP) is 0.527. The molecular formula is C15H21N3O4S. The molecular weight excluding hydrogens is 318 g/mol. The Labute approximate surface area is 135 Å². The van der Waals surface area contributed by atoms with E-state index < -0.39 is 21.3 Å². The third kappa shape index (κ3) is 5.02. The molecule has 0 aliphatic carbocycles. The minimum absolute atomic E-state index is 0.0453. The fourth-order valence-corrected chi connectivity index (χ4v) is 3.95. The van der Waals surface area contributed by atoms with Crippen LogP contribution in [0.3, 0.4) is 0 Å². The Morgan fingerprint density at radius 3 is 2.30 bits per heavy atom. The van der Waals surface area contributed by atoms with Gasteiger partial charge in [-0.15, -0.1) is 0 Å². The van der Waals surface area contributed by atoms with E-state index in [-0.39, 0.29) is 34.6 Å². The van der Waals surface area contributed by atoms with Gasteiger partial charge in [-0.3, -0.25) is 14.6 Å². The van der Waals surface area contributed by atoms with Crippen molar-refractivity contribution in [3.8, 4) is 0 Å². The minimum atomic E-state index is -3.06. The summed E-state index contributed by atoms with van der Waals surface area (Å²) in [6.45, 7) is 5.57. The van der Waals surface area contributed by atoms with Crippen LogP contribution in [0.25, 0.3) is 0 Å². The van der Waals surface area contributed by atoms with Crippen molar-refractivity contribution in [2.24, 2.45) is 0 Å². The zero-order chi connectivity index (χ0) is 17.3. The predicted molar refractivity (Wildman–Crippen MR) is 86.0 cm³/mol. The second kappa shape index (κ2) is 6.27. The Bertz CT molecular complexity index is 722. The van der Waals surface area contributed by atoms with Crippen LogP contribution >= 0.6 is 0 Å². The maximum atomic E-state index is 12.2. The lowest BCUT2D eigenvalue weighted by Gasteiger charge is -2.20. The molecule has 1 saturated heterocycles. The van der Waals surface area contributed by atoms with E-state index in [1.54, 1.807) is 0 Å². The molecule has 0 saturated carbocycles. The van der Waals surface area contributed by atoms with Gasteiger partial charge >= 0.3 is 0 Å². The van der Waals surface area contributed by atoms with Gasteiger partial charge in [0, 0.05) is 24.0 Å². The lowest BCUT2D eigenvalue weighted by molar-refractivity contribution is 0.0919. The Morgan fingerprint density at radius 1 is 1.17 bits per heavy atom. The van der Waals surface area contributed by atoms with E-state index in [9.17, 15) is 18.0 Å². The molecule has 1 atom stereocenters. The summed E-state index contributed by atoms with van der Waals surface area (Å²) in [5, 5.41) is 5.47. The number of hydrogen-bond donors (Lipinski definition) is 2. The molecule has 2 amide bonds. The Morgan fingerprint density at radius 2 is 1.78 bits per heavy atom. The number of carbonyl (C=O) groups is 2. The van der Waals surface area contributed by atoms with Crippen LogP contribution in [-0.2, 0) is 9.84 Å². The third-order valence-electron chi connectivity index (χ3n) is 3.32. The molecule has 0 aromatic carbocycles. The van der Waals surface area contributed by atoms with Gasteiger partial charge < -0.3 is 10.6 Å². The minimum Gasteiger partial charge on any atom is -0.348 e. The molecule has 1 aliphatic rings. The van der Waals surface area contributed by atoms with Crippen LogP contribution < -0.4 is 10.6 Å². The van der Waals surface area contributed by atoms with Crippen molar-refractivity contribution < 1.29 is 18.0 Å². The maximum Gasteiger partial charge on any atom is 0.253 e. The van der Waals surface area contributed by atoms with Crippen molar-refractivity contribution in [1.82, 2.24) is 15.6 Å². The van der Waals surface area contributed by atoms with Gasteiger partial charge in [-0.05, 0) is 33.3 Å². The SMILES string of the molecule is CC(C)(C)NC(=O)c1cncc(C(=O)NC2CCS(=O)(=O)C2)c1. The average molecular weight is 339 g/mol. The van der Waals surface area contributed by atoms with E-state index in [2.05, 4.69) is 15.6 Å². The molecule has 1 aromatic rings. The zero-order valence-electron chi connectivity index (χ0n) is 13.4. The number of pyridine rings is 1. The number of rotatable bonds is 3. The number of carbonyl (C=O) groups excluding carboxylic acids is 2. The van der Waals surface area contributed by atoms with Crippen LogP contribution in [0.2, 0.25) is 0 Å². The number of amides is 2. The lowest BCUT2D eigenvalue weighted by atomic mass is 10.1. The van der Waals surface area contributed by atoms with E-state index in [0.717, 1.165) is 0 Å². The average Bonchev–Trinajstić information content (AvgIpc) is 2.76. The first-order valence-electron chi connectivity index (χ1n) is 7.35. The van der Waals surface area contributed by atoms with E-state index in [0.29, 0.717) is 6.42 Å². The Hall–Kier alpha value is -1.96. The fourth-order valence-electron chi connectivity index (χ4n) is 2.28. The first-order valence-corrected chi connectivity index (χ1v) is 9.17. The second-order valence-corrected chi connectivity index (χ2v) is 8.97. The van der Waals surface area contributed by atoms with Gasteiger partial charge in [-0.2, -0.15) is 0 Å². The van der Waals surface area contributed by atoms with Gasteiger partial charge in [-0.25, -0.2) is 8.42 Å². The Balaban J connectivity index is 2.07. The number of hydrogen-bond acceptors (Lipinski definition) is 5. The number of aromatic nitrogens is 1. The quantitative estimate of drug-likeness (QED) is 0.835. The number of nitrogens with zero attached hydrogens (tertiary/aromatic N) is 1. The second-order valence-electron chi connectivity index (χ2n) is 6.74. The molecule has 1 unspecified atom stereocenters. The van der Waals surface area contributed by atoms with Crippen molar-refractivity contribution in [1.29, 1.82) is 0 Å². The lowest BCUT2D eigenvalue weighted by Crippen LogP contribution is -2.40. The van der Waals surface area contributed by atoms with E-state index in [1.807, 2.05) is 20.8 Å². The third-order valence-corrected chi connectivity index (χ3v) is 5.09. The zero-order valence-corrected chi connectivity index (χ0v) is 14.2. The van der Waals surface area contributed by atoms with Crippen molar-refractivity contribution in [2.45, 2.75) is 38.8 Å². The summed E-state index contributed by atoms with van der Waals surface area (Å²) in [4.78, 5) is 28.2. The maximum absolute atomic E-state index is 12.2.